The first-order chi connectivity index (χ1) is 5.93. The molecule has 0 heterocycles. The Morgan fingerprint density at radius 1 is 1.62 bits per heavy atom. The highest BCUT2D eigenvalue weighted by atomic mass is 16.5. The number of esters is 1. The van der Waals surface area contributed by atoms with Crippen LogP contribution in [0.25, 0.3) is 0 Å². The van der Waals surface area contributed by atoms with Gasteiger partial charge in [0.15, 0.2) is 0 Å². The van der Waals surface area contributed by atoms with E-state index in [4.69, 9.17) is 10.8 Å². The molecule has 0 aliphatic rings. The third-order valence-electron chi connectivity index (χ3n) is 1.16. The molecule has 0 saturated carbocycles. The summed E-state index contributed by atoms with van der Waals surface area (Å²) in [5.74, 6) is -1.84. The van der Waals surface area contributed by atoms with Crippen molar-refractivity contribution in [2.75, 3.05) is 6.61 Å². The first kappa shape index (κ1) is 11.6. The van der Waals surface area contributed by atoms with E-state index >= 15 is 0 Å². The number of rotatable bonds is 5. The zero-order valence-electron chi connectivity index (χ0n) is 7.45. The van der Waals surface area contributed by atoms with Crippen molar-refractivity contribution in [3.63, 3.8) is 0 Å². The Labute approximate surface area is 76.2 Å². The van der Waals surface area contributed by atoms with E-state index < -0.39 is 24.4 Å². The van der Waals surface area contributed by atoms with E-state index in [2.05, 4.69) is 11.3 Å². The van der Waals surface area contributed by atoms with Gasteiger partial charge in [-0.2, -0.15) is 0 Å². The standard InChI is InChI=1S/C8H13NO4/c1-5(2)4-13-8(12)6(9)3-7(10)11/h6H,1,3-4,9H2,2H3,(H,10,11)/t6-/m0/s1. The molecule has 74 valence electrons. The summed E-state index contributed by atoms with van der Waals surface area (Å²) < 4.78 is 4.64. The first-order valence-electron chi connectivity index (χ1n) is 3.72. The lowest BCUT2D eigenvalue weighted by molar-refractivity contribution is -0.148. The highest BCUT2D eigenvalue weighted by Gasteiger charge is 2.18. The van der Waals surface area contributed by atoms with Gasteiger partial charge in [0.05, 0.1) is 6.42 Å². The van der Waals surface area contributed by atoms with E-state index in [-0.39, 0.29) is 6.61 Å². The molecule has 0 aromatic rings. The van der Waals surface area contributed by atoms with Crippen LogP contribution in [0, 0.1) is 0 Å². The lowest BCUT2D eigenvalue weighted by Gasteiger charge is -2.08. The van der Waals surface area contributed by atoms with Crippen molar-refractivity contribution in [1.29, 1.82) is 0 Å². The second kappa shape index (κ2) is 5.31. The van der Waals surface area contributed by atoms with Crippen LogP contribution in [-0.2, 0) is 14.3 Å². The number of carbonyl (C=O) groups excluding carboxylic acids is 1. The molecular weight excluding hydrogens is 174 g/mol. The average Bonchev–Trinajstić information content (AvgIpc) is 1.98. The minimum atomic E-state index is -1.13. The van der Waals surface area contributed by atoms with Crippen molar-refractivity contribution in [3.05, 3.63) is 12.2 Å². The number of hydrogen-bond acceptors (Lipinski definition) is 4. The lowest BCUT2D eigenvalue weighted by atomic mass is 10.2. The monoisotopic (exact) mass is 187 g/mol. The molecule has 3 N–H and O–H groups in total. The van der Waals surface area contributed by atoms with Gasteiger partial charge in [-0.15, -0.1) is 0 Å². The van der Waals surface area contributed by atoms with E-state index in [1.807, 2.05) is 0 Å². The van der Waals surface area contributed by atoms with Gasteiger partial charge in [0.2, 0.25) is 0 Å². The second-order valence-corrected chi connectivity index (χ2v) is 2.77. The molecule has 0 aromatic heterocycles. The minimum Gasteiger partial charge on any atom is -0.481 e. The van der Waals surface area contributed by atoms with Crippen LogP contribution >= 0.6 is 0 Å². The van der Waals surface area contributed by atoms with Gasteiger partial charge in [0, 0.05) is 0 Å². The van der Waals surface area contributed by atoms with E-state index in [9.17, 15) is 9.59 Å². The Bertz CT molecular complexity index is 224. The summed E-state index contributed by atoms with van der Waals surface area (Å²) >= 11 is 0. The van der Waals surface area contributed by atoms with E-state index in [0.717, 1.165) is 0 Å². The summed E-state index contributed by atoms with van der Waals surface area (Å²) in [5, 5.41) is 8.30. The van der Waals surface area contributed by atoms with Crippen LogP contribution in [0.1, 0.15) is 13.3 Å². The van der Waals surface area contributed by atoms with Crippen LogP contribution in [0.4, 0.5) is 0 Å². The van der Waals surface area contributed by atoms with Crippen LogP contribution in [0.5, 0.6) is 0 Å². The fourth-order valence-corrected chi connectivity index (χ4v) is 0.573. The maximum absolute atomic E-state index is 10.9. The van der Waals surface area contributed by atoms with Crippen LogP contribution in [0.3, 0.4) is 0 Å². The fourth-order valence-electron chi connectivity index (χ4n) is 0.573. The number of carboxylic acids is 1. The van der Waals surface area contributed by atoms with Gasteiger partial charge in [-0.1, -0.05) is 6.58 Å². The number of carbonyl (C=O) groups is 2. The molecule has 0 unspecified atom stereocenters. The zero-order valence-corrected chi connectivity index (χ0v) is 7.45. The largest absolute Gasteiger partial charge is 0.481 e. The lowest BCUT2D eigenvalue weighted by Crippen LogP contribution is -2.34. The molecule has 0 aliphatic carbocycles. The summed E-state index contributed by atoms with van der Waals surface area (Å²) in [4.78, 5) is 21.1. The highest BCUT2D eigenvalue weighted by molar-refractivity contribution is 5.81. The molecule has 0 aliphatic heterocycles. The highest BCUT2D eigenvalue weighted by Crippen LogP contribution is 1.95. The van der Waals surface area contributed by atoms with Gasteiger partial charge in [-0.3, -0.25) is 9.59 Å². The average molecular weight is 187 g/mol. The van der Waals surface area contributed by atoms with Crippen molar-refractivity contribution in [2.24, 2.45) is 5.73 Å². The van der Waals surface area contributed by atoms with Crippen molar-refractivity contribution in [3.8, 4) is 0 Å². The van der Waals surface area contributed by atoms with Crippen molar-refractivity contribution >= 4 is 11.9 Å². The molecule has 0 rings (SSSR count). The molecular formula is C8H13NO4. The summed E-state index contributed by atoms with van der Waals surface area (Å²) in [6.45, 7) is 5.28. The smallest absolute Gasteiger partial charge is 0.323 e. The molecule has 0 amide bonds. The third kappa shape index (κ3) is 5.86. The Hall–Kier alpha value is -1.36. The summed E-state index contributed by atoms with van der Waals surface area (Å²) in [6.07, 6.45) is -0.422. The van der Waals surface area contributed by atoms with Crippen LogP contribution in [0.2, 0.25) is 0 Å². The summed E-state index contributed by atoms with van der Waals surface area (Å²) in [6, 6.07) is -1.10. The third-order valence-corrected chi connectivity index (χ3v) is 1.16. The Kier molecular flexibility index (Phi) is 4.76. The first-order valence-corrected chi connectivity index (χ1v) is 3.72. The molecule has 5 nitrogen and oxygen atoms in total. The zero-order chi connectivity index (χ0) is 10.4. The molecule has 0 spiro atoms. The molecule has 0 radical (unpaired) electrons. The van der Waals surface area contributed by atoms with Gasteiger partial charge in [0.25, 0.3) is 0 Å². The molecule has 0 fully saturated rings. The molecule has 13 heavy (non-hydrogen) atoms. The molecule has 0 aromatic carbocycles. The van der Waals surface area contributed by atoms with Crippen LogP contribution in [-0.4, -0.2) is 29.7 Å². The quantitative estimate of drug-likeness (QED) is 0.463. The Balaban J connectivity index is 3.82. The molecule has 0 saturated heterocycles. The Morgan fingerprint density at radius 3 is 2.54 bits per heavy atom. The number of nitrogens with two attached hydrogens (primary N) is 1. The molecule has 5 heteroatoms. The van der Waals surface area contributed by atoms with E-state index in [1.165, 1.54) is 0 Å². The van der Waals surface area contributed by atoms with E-state index in [1.54, 1.807) is 6.92 Å². The van der Waals surface area contributed by atoms with Crippen LogP contribution < -0.4 is 5.73 Å². The van der Waals surface area contributed by atoms with Gasteiger partial charge >= 0.3 is 11.9 Å². The van der Waals surface area contributed by atoms with Crippen LogP contribution in [0.15, 0.2) is 12.2 Å². The number of hydrogen-bond donors (Lipinski definition) is 2. The number of carboxylic acid groups (broad SMARTS) is 1. The summed E-state index contributed by atoms with van der Waals surface area (Å²) in [5.41, 5.74) is 5.90. The fraction of sp³-hybridized carbons (Fsp3) is 0.500. The second-order valence-electron chi connectivity index (χ2n) is 2.77. The molecule has 0 bridgehead atoms. The van der Waals surface area contributed by atoms with Crippen molar-refractivity contribution in [2.45, 2.75) is 19.4 Å². The van der Waals surface area contributed by atoms with Gasteiger partial charge in [-0.25, -0.2) is 0 Å². The maximum atomic E-state index is 10.9. The number of ether oxygens (including phenoxy) is 1. The SMILES string of the molecule is C=C(C)COC(=O)[C@@H](N)CC(=O)O. The maximum Gasteiger partial charge on any atom is 0.323 e. The summed E-state index contributed by atoms with van der Waals surface area (Å²) in [7, 11) is 0. The number of aliphatic carboxylic acids is 1. The van der Waals surface area contributed by atoms with Gasteiger partial charge < -0.3 is 15.6 Å². The van der Waals surface area contributed by atoms with E-state index in [0.29, 0.717) is 5.57 Å². The minimum absolute atomic E-state index is 0.0755. The van der Waals surface area contributed by atoms with Gasteiger partial charge in [-0.05, 0) is 12.5 Å². The topological polar surface area (TPSA) is 89.6 Å². The van der Waals surface area contributed by atoms with Crippen molar-refractivity contribution in [1.82, 2.24) is 0 Å². The van der Waals surface area contributed by atoms with Gasteiger partial charge in [0.1, 0.15) is 12.6 Å². The van der Waals surface area contributed by atoms with Crippen molar-refractivity contribution < 1.29 is 19.4 Å². The molecule has 1 atom stereocenters. The predicted molar refractivity (Wildman–Crippen MR) is 46.0 cm³/mol. The predicted octanol–water partition coefficient (Wildman–Crippen LogP) is -0.0923. The Morgan fingerprint density at radius 2 is 2.15 bits per heavy atom. The normalized spacial score (nSPS) is 11.8.